The van der Waals surface area contributed by atoms with E-state index in [2.05, 4.69) is 22.2 Å². The predicted molar refractivity (Wildman–Crippen MR) is 125 cm³/mol. The van der Waals surface area contributed by atoms with Crippen LogP contribution in [0, 0.1) is 0 Å². The van der Waals surface area contributed by atoms with Gasteiger partial charge in [0.25, 0.3) is 15.9 Å². The molecule has 0 atom stereocenters. The number of hydrazine groups is 1. The second-order valence-electron chi connectivity index (χ2n) is 6.30. The summed E-state index contributed by atoms with van der Waals surface area (Å²) in [7, 11) is -3.96. The van der Waals surface area contributed by atoms with Crippen molar-refractivity contribution in [2.75, 3.05) is 4.72 Å². The summed E-state index contributed by atoms with van der Waals surface area (Å²) in [5.74, 6) is -0.575. The molecule has 0 saturated heterocycles. The van der Waals surface area contributed by atoms with Crippen LogP contribution in [0.4, 0.5) is 5.69 Å². The first-order valence-corrected chi connectivity index (χ1v) is 11.4. The van der Waals surface area contributed by atoms with Crippen LogP contribution in [0.25, 0.3) is 5.70 Å². The van der Waals surface area contributed by atoms with E-state index in [0.29, 0.717) is 21.3 Å². The quantitative estimate of drug-likeness (QED) is 0.385. The highest BCUT2D eigenvalue weighted by atomic mass is 35.5. The number of halogens is 3. The number of amides is 1. The highest BCUT2D eigenvalue weighted by molar-refractivity contribution is 7.92. The van der Waals surface area contributed by atoms with E-state index in [9.17, 15) is 13.2 Å². The van der Waals surface area contributed by atoms with Gasteiger partial charge in [0.05, 0.1) is 26.3 Å². The molecular weight excluding hydrogens is 481 g/mol. The van der Waals surface area contributed by atoms with Crippen molar-refractivity contribution in [3.05, 3.63) is 99.5 Å². The lowest BCUT2D eigenvalue weighted by Gasteiger charge is -2.14. The van der Waals surface area contributed by atoms with Crippen molar-refractivity contribution in [3.63, 3.8) is 0 Å². The third kappa shape index (κ3) is 5.71. The topological polar surface area (TPSA) is 87.3 Å². The molecule has 3 aromatic rings. The van der Waals surface area contributed by atoms with Crippen LogP contribution < -0.4 is 15.6 Å². The largest absolute Gasteiger partial charge is 0.298 e. The molecule has 1 amide bonds. The van der Waals surface area contributed by atoms with Gasteiger partial charge < -0.3 is 0 Å². The second-order valence-corrected chi connectivity index (χ2v) is 9.23. The van der Waals surface area contributed by atoms with Crippen LogP contribution in [0.15, 0.2) is 78.2 Å². The Morgan fingerprint density at radius 1 is 0.839 bits per heavy atom. The lowest BCUT2D eigenvalue weighted by Crippen LogP contribution is -2.36. The SMILES string of the molecule is C=C(NNC(=O)c1cccc(S(=O)(=O)Nc2ccccc2Cl)c1)c1cc(Cl)ccc1Cl. The summed E-state index contributed by atoms with van der Waals surface area (Å²) in [5, 5.41) is 1.11. The molecule has 0 unspecified atom stereocenters. The summed E-state index contributed by atoms with van der Waals surface area (Å²) < 4.78 is 27.8. The van der Waals surface area contributed by atoms with Gasteiger partial charge in [-0.2, -0.15) is 0 Å². The molecule has 10 heteroatoms. The van der Waals surface area contributed by atoms with E-state index in [1.807, 2.05) is 0 Å². The highest BCUT2D eigenvalue weighted by Crippen LogP contribution is 2.25. The Balaban J connectivity index is 1.73. The Morgan fingerprint density at radius 2 is 1.58 bits per heavy atom. The Kier molecular flexibility index (Phi) is 7.12. The summed E-state index contributed by atoms with van der Waals surface area (Å²) >= 11 is 18.1. The highest BCUT2D eigenvalue weighted by Gasteiger charge is 2.18. The van der Waals surface area contributed by atoms with Crippen LogP contribution >= 0.6 is 34.8 Å². The van der Waals surface area contributed by atoms with E-state index < -0.39 is 15.9 Å². The third-order valence-corrected chi connectivity index (χ3v) is 6.36. The van der Waals surface area contributed by atoms with E-state index in [-0.39, 0.29) is 21.2 Å². The van der Waals surface area contributed by atoms with Gasteiger partial charge >= 0.3 is 0 Å². The van der Waals surface area contributed by atoms with Crippen LogP contribution in [0.5, 0.6) is 0 Å². The molecule has 3 aromatic carbocycles. The number of hydrogen-bond acceptors (Lipinski definition) is 4. The van der Waals surface area contributed by atoms with Crippen molar-refractivity contribution >= 4 is 62.1 Å². The Bertz CT molecular complexity index is 1260. The number of rotatable bonds is 7. The van der Waals surface area contributed by atoms with E-state index in [1.54, 1.807) is 36.4 Å². The molecule has 160 valence electrons. The minimum absolute atomic E-state index is 0.100. The molecule has 0 fully saturated rings. The summed E-state index contributed by atoms with van der Waals surface area (Å²) in [6.07, 6.45) is 0. The maximum absolute atomic E-state index is 12.7. The minimum Gasteiger partial charge on any atom is -0.298 e. The monoisotopic (exact) mass is 495 g/mol. The molecule has 3 rings (SSSR count). The van der Waals surface area contributed by atoms with Crippen molar-refractivity contribution in [3.8, 4) is 0 Å². The standard InChI is InChI=1S/C21H16Cl3N3O3S/c1-13(17-12-15(22)9-10-18(17)23)25-26-21(28)14-5-4-6-16(11-14)31(29,30)27-20-8-3-2-7-19(20)24/h2-12,25,27H,1H2,(H,26,28). The second kappa shape index (κ2) is 9.62. The first-order valence-electron chi connectivity index (χ1n) is 8.75. The van der Waals surface area contributed by atoms with Crippen molar-refractivity contribution in [1.82, 2.24) is 10.9 Å². The zero-order chi connectivity index (χ0) is 22.6. The first kappa shape index (κ1) is 23.0. The molecule has 3 N–H and O–H groups in total. The van der Waals surface area contributed by atoms with Gasteiger partial charge in [-0.25, -0.2) is 8.42 Å². The van der Waals surface area contributed by atoms with E-state index in [1.165, 1.54) is 30.3 Å². The van der Waals surface area contributed by atoms with E-state index in [0.717, 1.165) is 0 Å². The smallest absolute Gasteiger partial charge is 0.269 e. The number of anilines is 1. The Labute approximate surface area is 194 Å². The number of benzene rings is 3. The molecular formula is C21H16Cl3N3O3S. The van der Waals surface area contributed by atoms with Gasteiger partial charge in [0, 0.05) is 16.1 Å². The van der Waals surface area contributed by atoms with Crippen LogP contribution in [0.1, 0.15) is 15.9 Å². The van der Waals surface area contributed by atoms with E-state index >= 15 is 0 Å². The number of sulfonamides is 1. The van der Waals surface area contributed by atoms with E-state index in [4.69, 9.17) is 34.8 Å². The average molecular weight is 497 g/mol. The number of hydrogen-bond donors (Lipinski definition) is 3. The van der Waals surface area contributed by atoms with Gasteiger partial charge in [-0.3, -0.25) is 20.4 Å². The molecule has 0 aliphatic carbocycles. The third-order valence-electron chi connectivity index (χ3n) is 4.11. The molecule has 0 saturated carbocycles. The number of carbonyl (C=O) groups is 1. The van der Waals surface area contributed by atoms with Gasteiger partial charge in [0.15, 0.2) is 0 Å². The molecule has 6 nitrogen and oxygen atoms in total. The van der Waals surface area contributed by atoms with Gasteiger partial charge in [-0.1, -0.05) is 59.6 Å². The lowest BCUT2D eigenvalue weighted by molar-refractivity contribution is 0.0942. The van der Waals surface area contributed by atoms with Crippen LogP contribution in [-0.2, 0) is 10.0 Å². The number of para-hydroxylation sites is 1. The summed E-state index contributed by atoms with van der Waals surface area (Å²) in [6, 6.07) is 16.8. The number of carbonyl (C=O) groups excluding carboxylic acids is 1. The van der Waals surface area contributed by atoms with Gasteiger partial charge in [-0.05, 0) is 48.5 Å². The first-order chi connectivity index (χ1) is 14.7. The van der Waals surface area contributed by atoms with Crippen molar-refractivity contribution in [1.29, 1.82) is 0 Å². The predicted octanol–water partition coefficient (Wildman–Crippen LogP) is 5.35. The average Bonchev–Trinajstić information content (AvgIpc) is 2.75. The summed E-state index contributed by atoms with van der Waals surface area (Å²) in [5.41, 5.74) is 6.27. The molecule has 0 aliphatic heterocycles. The molecule has 0 spiro atoms. The van der Waals surface area contributed by atoms with Gasteiger partial charge in [-0.15, -0.1) is 0 Å². The fraction of sp³-hybridized carbons (Fsp3) is 0. The van der Waals surface area contributed by atoms with Gasteiger partial charge in [0.1, 0.15) is 0 Å². The maximum Gasteiger partial charge on any atom is 0.269 e. The zero-order valence-electron chi connectivity index (χ0n) is 15.8. The molecule has 0 radical (unpaired) electrons. The maximum atomic E-state index is 12.7. The zero-order valence-corrected chi connectivity index (χ0v) is 18.9. The van der Waals surface area contributed by atoms with Crippen LogP contribution in [-0.4, -0.2) is 14.3 Å². The number of nitrogens with one attached hydrogen (secondary N) is 3. The van der Waals surface area contributed by atoms with Crippen molar-refractivity contribution < 1.29 is 13.2 Å². The van der Waals surface area contributed by atoms with Crippen LogP contribution in [0.2, 0.25) is 15.1 Å². The summed E-state index contributed by atoms with van der Waals surface area (Å²) in [4.78, 5) is 12.4. The summed E-state index contributed by atoms with van der Waals surface area (Å²) in [6.45, 7) is 3.82. The van der Waals surface area contributed by atoms with Crippen LogP contribution in [0.3, 0.4) is 0 Å². The molecule has 31 heavy (non-hydrogen) atoms. The molecule has 0 bridgehead atoms. The Morgan fingerprint density at radius 3 is 2.32 bits per heavy atom. The fourth-order valence-corrected chi connectivity index (χ4v) is 4.32. The molecule has 0 aromatic heterocycles. The normalized spacial score (nSPS) is 10.9. The molecule has 0 heterocycles. The fourth-order valence-electron chi connectivity index (χ4n) is 2.55. The van der Waals surface area contributed by atoms with Crippen molar-refractivity contribution in [2.45, 2.75) is 4.90 Å². The lowest BCUT2D eigenvalue weighted by atomic mass is 10.2. The minimum atomic E-state index is -3.96. The van der Waals surface area contributed by atoms with Crippen molar-refractivity contribution in [2.24, 2.45) is 0 Å². The van der Waals surface area contributed by atoms with Gasteiger partial charge in [0.2, 0.25) is 0 Å². The Hall–Kier alpha value is -2.71. The molecule has 0 aliphatic rings.